The molecule has 1 aliphatic rings. The number of hydrogen-bond donors (Lipinski definition) is 1. The standard InChI is InChI=1S/C13H16ClNO3S/c1-19(17,18)8-11(14)9-5-6-12-10(7-9)3-2-4-13(16)15-12/h5-7,11H,2-4,8H2,1H3,(H,15,16). The lowest BCUT2D eigenvalue weighted by molar-refractivity contribution is -0.116. The van der Waals surface area contributed by atoms with Crippen molar-refractivity contribution in [3.8, 4) is 0 Å². The molecule has 0 fully saturated rings. The Bertz CT molecular complexity index is 598. The first kappa shape index (κ1) is 14.3. The molecule has 0 saturated carbocycles. The number of rotatable bonds is 3. The van der Waals surface area contributed by atoms with Gasteiger partial charge < -0.3 is 5.32 Å². The summed E-state index contributed by atoms with van der Waals surface area (Å²) in [4.78, 5) is 11.4. The van der Waals surface area contributed by atoms with Gasteiger partial charge in [0.2, 0.25) is 5.91 Å². The van der Waals surface area contributed by atoms with Crippen molar-refractivity contribution in [3.05, 3.63) is 29.3 Å². The second-order valence-electron chi connectivity index (χ2n) is 4.88. The van der Waals surface area contributed by atoms with E-state index in [1.165, 1.54) is 6.26 Å². The molecule has 1 atom stereocenters. The minimum Gasteiger partial charge on any atom is -0.326 e. The van der Waals surface area contributed by atoms with Crippen LogP contribution >= 0.6 is 11.6 Å². The van der Waals surface area contributed by atoms with Gasteiger partial charge >= 0.3 is 0 Å². The second-order valence-corrected chi connectivity index (χ2v) is 7.59. The molecule has 0 bridgehead atoms. The summed E-state index contributed by atoms with van der Waals surface area (Å²) < 4.78 is 22.5. The van der Waals surface area contributed by atoms with Crippen molar-refractivity contribution in [2.24, 2.45) is 0 Å². The molecule has 1 unspecified atom stereocenters. The van der Waals surface area contributed by atoms with E-state index >= 15 is 0 Å². The molecule has 19 heavy (non-hydrogen) atoms. The van der Waals surface area contributed by atoms with Crippen LogP contribution in [0.4, 0.5) is 5.69 Å². The first-order chi connectivity index (χ1) is 8.85. The van der Waals surface area contributed by atoms with E-state index in [4.69, 9.17) is 11.6 Å². The van der Waals surface area contributed by atoms with Crippen LogP contribution in [0.5, 0.6) is 0 Å². The van der Waals surface area contributed by atoms with Crippen molar-refractivity contribution in [1.29, 1.82) is 0 Å². The van der Waals surface area contributed by atoms with E-state index in [-0.39, 0.29) is 11.7 Å². The third-order valence-electron chi connectivity index (χ3n) is 3.06. The molecule has 1 aromatic carbocycles. The SMILES string of the molecule is CS(=O)(=O)CC(Cl)c1ccc2c(c1)CCCC(=O)N2. The van der Waals surface area contributed by atoms with Gasteiger partial charge in [0.15, 0.2) is 0 Å². The lowest BCUT2D eigenvalue weighted by Crippen LogP contribution is -2.11. The van der Waals surface area contributed by atoms with Gasteiger partial charge in [-0.1, -0.05) is 12.1 Å². The van der Waals surface area contributed by atoms with Gasteiger partial charge in [-0.05, 0) is 30.0 Å². The van der Waals surface area contributed by atoms with E-state index < -0.39 is 15.2 Å². The minimum atomic E-state index is -3.11. The average molecular weight is 302 g/mol. The summed E-state index contributed by atoms with van der Waals surface area (Å²) in [5.41, 5.74) is 2.60. The van der Waals surface area contributed by atoms with Crippen molar-refractivity contribution in [2.75, 3.05) is 17.3 Å². The molecule has 104 valence electrons. The molecule has 4 nitrogen and oxygen atoms in total. The van der Waals surface area contributed by atoms with Crippen LogP contribution in [0.25, 0.3) is 0 Å². The van der Waals surface area contributed by atoms with Gasteiger partial charge in [0, 0.05) is 18.4 Å². The molecule has 1 heterocycles. The van der Waals surface area contributed by atoms with E-state index in [0.29, 0.717) is 6.42 Å². The number of amides is 1. The minimum absolute atomic E-state index is 0.0186. The number of aryl methyl sites for hydroxylation is 1. The fourth-order valence-electron chi connectivity index (χ4n) is 2.15. The van der Waals surface area contributed by atoms with Gasteiger partial charge in [-0.2, -0.15) is 0 Å². The number of anilines is 1. The topological polar surface area (TPSA) is 63.2 Å². The summed E-state index contributed by atoms with van der Waals surface area (Å²) in [6.45, 7) is 0. The zero-order chi connectivity index (χ0) is 14.0. The molecule has 0 aromatic heterocycles. The first-order valence-corrected chi connectivity index (χ1v) is 8.59. The molecule has 1 aromatic rings. The monoisotopic (exact) mass is 301 g/mol. The number of fused-ring (bicyclic) bond motifs is 1. The zero-order valence-corrected chi connectivity index (χ0v) is 12.2. The van der Waals surface area contributed by atoms with Crippen molar-refractivity contribution in [3.63, 3.8) is 0 Å². The van der Waals surface area contributed by atoms with Gasteiger partial charge in [-0.3, -0.25) is 4.79 Å². The number of carbonyl (C=O) groups is 1. The van der Waals surface area contributed by atoms with Crippen LogP contribution in [0.1, 0.15) is 29.3 Å². The van der Waals surface area contributed by atoms with Gasteiger partial charge in [-0.25, -0.2) is 8.42 Å². The normalized spacial score (nSPS) is 17.3. The molecule has 1 N–H and O–H groups in total. The first-order valence-electron chi connectivity index (χ1n) is 6.09. The maximum Gasteiger partial charge on any atom is 0.224 e. The Balaban J connectivity index is 2.25. The van der Waals surface area contributed by atoms with Gasteiger partial charge in [0.1, 0.15) is 9.84 Å². The number of sulfone groups is 1. The summed E-state index contributed by atoms with van der Waals surface area (Å²) in [7, 11) is -3.11. The highest BCUT2D eigenvalue weighted by Gasteiger charge is 2.18. The number of alkyl halides is 1. The maximum atomic E-state index is 11.4. The largest absolute Gasteiger partial charge is 0.326 e. The molecule has 0 spiro atoms. The highest BCUT2D eigenvalue weighted by molar-refractivity contribution is 7.90. The molecule has 1 aliphatic heterocycles. The lowest BCUT2D eigenvalue weighted by Gasteiger charge is -2.13. The van der Waals surface area contributed by atoms with Crippen molar-refractivity contribution in [2.45, 2.75) is 24.6 Å². The predicted molar refractivity (Wildman–Crippen MR) is 76.3 cm³/mol. The molecular formula is C13H16ClNO3S. The average Bonchev–Trinajstić information content (AvgIpc) is 2.46. The second kappa shape index (κ2) is 5.51. The van der Waals surface area contributed by atoms with Crippen LogP contribution in [0, 0.1) is 0 Å². The van der Waals surface area contributed by atoms with E-state index in [9.17, 15) is 13.2 Å². The predicted octanol–water partition coefficient (Wildman–Crippen LogP) is 2.29. The van der Waals surface area contributed by atoms with Crippen molar-refractivity contribution in [1.82, 2.24) is 0 Å². The molecular weight excluding hydrogens is 286 g/mol. The smallest absolute Gasteiger partial charge is 0.224 e. The third-order valence-corrected chi connectivity index (χ3v) is 4.59. The maximum absolute atomic E-state index is 11.4. The Morgan fingerprint density at radius 3 is 2.79 bits per heavy atom. The van der Waals surface area contributed by atoms with Gasteiger partial charge in [-0.15, -0.1) is 11.6 Å². The molecule has 6 heteroatoms. The summed E-state index contributed by atoms with van der Waals surface area (Å²) in [5.74, 6) is -0.0651. The van der Waals surface area contributed by atoms with Gasteiger partial charge in [0.25, 0.3) is 0 Å². The number of halogens is 1. The van der Waals surface area contributed by atoms with Crippen LogP contribution in [0.2, 0.25) is 0 Å². The number of benzene rings is 1. The molecule has 0 saturated heterocycles. The Morgan fingerprint density at radius 2 is 2.11 bits per heavy atom. The molecule has 2 rings (SSSR count). The van der Waals surface area contributed by atoms with E-state index in [1.807, 2.05) is 6.07 Å². The van der Waals surface area contributed by atoms with Crippen LogP contribution in [-0.4, -0.2) is 26.3 Å². The van der Waals surface area contributed by atoms with E-state index in [2.05, 4.69) is 5.32 Å². The number of hydrogen-bond acceptors (Lipinski definition) is 3. The van der Waals surface area contributed by atoms with Crippen LogP contribution in [-0.2, 0) is 21.1 Å². The summed E-state index contributed by atoms with van der Waals surface area (Å²) in [6.07, 6.45) is 3.27. The van der Waals surface area contributed by atoms with Crippen LogP contribution in [0.15, 0.2) is 18.2 Å². The van der Waals surface area contributed by atoms with E-state index in [0.717, 1.165) is 29.7 Å². The fourth-order valence-corrected chi connectivity index (χ4v) is 3.70. The summed E-state index contributed by atoms with van der Waals surface area (Å²) in [6, 6.07) is 5.46. The molecule has 0 radical (unpaired) electrons. The number of nitrogens with one attached hydrogen (secondary N) is 1. The summed E-state index contributed by atoms with van der Waals surface area (Å²) in [5, 5.41) is 2.28. The van der Waals surface area contributed by atoms with Crippen molar-refractivity contribution < 1.29 is 13.2 Å². The Hall–Kier alpha value is -1.07. The molecule has 0 aliphatic carbocycles. The Morgan fingerprint density at radius 1 is 1.37 bits per heavy atom. The summed E-state index contributed by atoms with van der Waals surface area (Å²) >= 11 is 6.14. The highest BCUT2D eigenvalue weighted by atomic mass is 35.5. The Kier molecular flexibility index (Phi) is 4.16. The highest BCUT2D eigenvalue weighted by Crippen LogP contribution is 2.29. The van der Waals surface area contributed by atoms with Crippen LogP contribution < -0.4 is 5.32 Å². The number of carbonyl (C=O) groups excluding carboxylic acids is 1. The third kappa shape index (κ3) is 3.94. The molecule has 1 amide bonds. The van der Waals surface area contributed by atoms with Crippen molar-refractivity contribution >= 4 is 33.0 Å². The quantitative estimate of drug-likeness (QED) is 0.871. The van der Waals surface area contributed by atoms with Crippen LogP contribution in [0.3, 0.4) is 0 Å². The lowest BCUT2D eigenvalue weighted by atomic mass is 10.0. The Labute approximate surface area is 118 Å². The van der Waals surface area contributed by atoms with Gasteiger partial charge in [0.05, 0.1) is 11.1 Å². The fraction of sp³-hybridized carbons (Fsp3) is 0.462. The van der Waals surface area contributed by atoms with E-state index in [1.54, 1.807) is 12.1 Å². The zero-order valence-electron chi connectivity index (χ0n) is 10.6.